The first-order valence-corrected chi connectivity index (χ1v) is 9.57. The Kier molecular flexibility index (Phi) is 6.21. The van der Waals surface area contributed by atoms with Crippen molar-refractivity contribution < 1.29 is 14.2 Å². The fourth-order valence-electron chi connectivity index (χ4n) is 2.93. The van der Waals surface area contributed by atoms with Crippen LogP contribution in [0.1, 0.15) is 23.7 Å². The van der Waals surface area contributed by atoms with Gasteiger partial charge in [-0.15, -0.1) is 0 Å². The summed E-state index contributed by atoms with van der Waals surface area (Å²) in [7, 11) is 0. The molecule has 3 nitrogen and oxygen atoms in total. The van der Waals surface area contributed by atoms with Gasteiger partial charge in [0.05, 0.1) is 0 Å². The minimum absolute atomic E-state index is 0.632. The van der Waals surface area contributed by atoms with Crippen molar-refractivity contribution in [3.05, 3.63) is 132 Å². The third kappa shape index (κ3) is 5.24. The molecule has 4 aromatic carbocycles. The van der Waals surface area contributed by atoms with Gasteiger partial charge in [0, 0.05) is 11.1 Å². The summed E-state index contributed by atoms with van der Waals surface area (Å²) < 4.78 is 18.8. The molecular formula is C26H22O3. The molecule has 3 heteroatoms. The molecule has 2 unspecified atom stereocenters. The summed E-state index contributed by atoms with van der Waals surface area (Å²) in [6, 6.07) is 39.1. The van der Waals surface area contributed by atoms with Crippen LogP contribution in [0.15, 0.2) is 121 Å². The molecule has 0 aliphatic carbocycles. The number of ether oxygens (including phenoxy) is 3. The predicted octanol–water partition coefficient (Wildman–Crippen LogP) is 6.56. The Balaban J connectivity index is 1.64. The molecule has 0 bridgehead atoms. The molecule has 0 amide bonds. The van der Waals surface area contributed by atoms with Crippen LogP contribution in [-0.2, 0) is 4.74 Å². The summed E-state index contributed by atoms with van der Waals surface area (Å²) >= 11 is 0. The Morgan fingerprint density at radius 3 is 1.03 bits per heavy atom. The summed E-state index contributed by atoms with van der Waals surface area (Å²) in [6.45, 7) is 0. The zero-order chi connectivity index (χ0) is 19.7. The maximum Gasteiger partial charge on any atom is 0.230 e. The standard InChI is InChI=1S/C26H22O3/c1-5-13-21(14-6-1)25(27-23-17-9-3-10-18-23)29-26(22-15-7-2-8-16-22)28-24-19-11-4-12-20-24/h1-20,25-26H. The SMILES string of the molecule is c1ccc(OC(OC(Oc2ccccc2)c2ccccc2)c2ccccc2)cc1. The zero-order valence-electron chi connectivity index (χ0n) is 15.9. The van der Waals surface area contributed by atoms with Crippen molar-refractivity contribution in [3.8, 4) is 11.5 Å². The summed E-state index contributed by atoms with van der Waals surface area (Å²) in [5, 5.41) is 0. The van der Waals surface area contributed by atoms with Crippen molar-refractivity contribution in [1.29, 1.82) is 0 Å². The average Bonchev–Trinajstić information content (AvgIpc) is 2.81. The van der Waals surface area contributed by atoms with Crippen LogP contribution in [0.4, 0.5) is 0 Å². The molecule has 0 aliphatic heterocycles. The van der Waals surface area contributed by atoms with E-state index in [0.29, 0.717) is 0 Å². The van der Waals surface area contributed by atoms with Crippen LogP contribution in [0.25, 0.3) is 0 Å². The van der Waals surface area contributed by atoms with E-state index in [4.69, 9.17) is 14.2 Å². The highest BCUT2D eigenvalue weighted by Gasteiger charge is 2.23. The van der Waals surface area contributed by atoms with Crippen LogP contribution in [0.3, 0.4) is 0 Å². The monoisotopic (exact) mass is 382 g/mol. The molecule has 0 heterocycles. The van der Waals surface area contributed by atoms with Gasteiger partial charge in [0.15, 0.2) is 0 Å². The zero-order valence-corrected chi connectivity index (χ0v) is 15.9. The number of hydrogen-bond acceptors (Lipinski definition) is 3. The van der Waals surface area contributed by atoms with Gasteiger partial charge in [-0.05, 0) is 24.3 Å². The molecule has 29 heavy (non-hydrogen) atoms. The molecule has 0 aromatic heterocycles. The van der Waals surface area contributed by atoms with E-state index in [9.17, 15) is 0 Å². The van der Waals surface area contributed by atoms with Gasteiger partial charge < -0.3 is 9.47 Å². The van der Waals surface area contributed by atoms with Crippen LogP contribution >= 0.6 is 0 Å². The smallest absolute Gasteiger partial charge is 0.230 e. The first-order chi connectivity index (χ1) is 14.4. The van der Waals surface area contributed by atoms with Gasteiger partial charge in [-0.3, -0.25) is 4.74 Å². The lowest BCUT2D eigenvalue weighted by Crippen LogP contribution is -2.20. The van der Waals surface area contributed by atoms with Gasteiger partial charge in [0.1, 0.15) is 11.5 Å². The number of benzene rings is 4. The molecule has 0 aliphatic rings. The Hall–Kier alpha value is -3.56. The molecule has 0 N–H and O–H groups in total. The largest absolute Gasteiger partial charge is 0.460 e. The lowest BCUT2D eigenvalue weighted by atomic mass is 10.2. The van der Waals surface area contributed by atoms with E-state index in [1.54, 1.807) is 0 Å². The van der Waals surface area contributed by atoms with Gasteiger partial charge in [-0.1, -0.05) is 97.1 Å². The van der Waals surface area contributed by atoms with E-state index in [-0.39, 0.29) is 0 Å². The molecule has 2 atom stereocenters. The third-order valence-corrected chi connectivity index (χ3v) is 4.36. The van der Waals surface area contributed by atoms with Gasteiger partial charge >= 0.3 is 0 Å². The minimum atomic E-state index is -0.632. The molecule has 144 valence electrons. The van der Waals surface area contributed by atoms with E-state index in [1.807, 2.05) is 121 Å². The lowest BCUT2D eigenvalue weighted by molar-refractivity contribution is -0.192. The van der Waals surface area contributed by atoms with E-state index < -0.39 is 12.6 Å². The Morgan fingerprint density at radius 1 is 0.379 bits per heavy atom. The summed E-state index contributed by atoms with van der Waals surface area (Å²) in [5.41, 5.74) is 1.82. The van der Waals surface area contributed by atoms with E-state index in [1.165, 1.54) is 0 Å². The van der Waals surface area contributed by atoms with Gasteiger partial charge in [-0.25, -0.2) is 0 Å². The Bertz CT molecular complexity index is 890. The van der Waals surface area contributed by atoms with Crippen LogP contribution < -0.4 is 9.47 Å². The van der Waals surface area contributed by atoms with Crippen LogP contribution in [0.2, 0.25) is 0 Å². The Labute approximate surface area is 171 Å². The maximum atomic E-state index is 6.39. The van der Waals surface area contributed by atoms with Crippen molar-refractivity contribution in [2.75, 3.05) is 0 Å². The highest BCUT2D eigenvalue weighted by molar-refractivity contribution is 5.25. The van der Waals surface area contributed by atoms with Crippen LogP contribution in [-0.4, -0.2) is 0 Å². The van der Waals surface area contributed by atoms with E-state index in [2.05, 4.69) is 0 Å². The maximum absolute atomic E-state index is 6.39. The first-order valence-electron chi connectivity index (χ1n) is 9.57. The number of rotatable bonds is 8. The topological polar surface area (TPSA) is 27.7 Å². The third-order valence-electron chi connectivity index (χ3n) is 4.36. The summed E-state index contributed by atoms with van der Waals surface area (Å²) in [6.07, 6.45) is -1.26. The van der Waals surface area contributed by atoms with Crippen molar-refractivity contribution in [2.45, 2.75) is 12.6 Å². The normalized spacial score (nSPS) is 12.7. The van der Waals surface area contributed by atoms with Crippen molar-refractivity contribution in [1.82, 2.24) is 0 Å². The van der Waals surface area contributed by atoms with E-state index >= 15 is 0 Å². The second kappa shape index (κ2) is 9.58. The summed E-state index contributed by atoms with van der Waals surface area (Å²) in [4.78, 5) is 0. The van der Waals surface area contributed by atoms with Crippen molar-refractivity contribution in [3.63, 3.8) is 0 Å². The second-order valence-electron chi connectivity index (χ2n) is 6.48. The molecule has 4 rings (SSSR count). The Morgan fingerprint density at radius 2 is 0.690 bits per heavy atom. The van der Waals surface area contributed by atoms with E-state index in [0.717, 1.165) is 22.6 Å². The van der Waals surface area contributed by atoms with Crippen molar-refractivity contribution >= 4 is 0 Å². The molecule has 0 saturated carbocycles. The molecule has 0 saturated heterocycles. The second-order valence-corrected chi connectivity index (χ2v) is 6.48. The van der Waals surface area contributed by atoms with Crippen LogP contribution in [0.5, 0.6) is 11.5 Å². The summed E-state index contributed by atoms with van der Waals surface area (Å²) in [5.74, 6) is 1.46. The molecule has 0 spiro atoms. The molecule has 0 radical (unpaired) electrons. The highest BCUT2D eigenvalue weighted by Crippen LogP contribution is 2.31. The van der Waals surface area contributed by atoms with Gasteiger partial charge in [-0.2, -0.15) is 0 Å². The number of hydrogen-bond donors (Lipinski definition) is 0. The lowest BCUT2D eigenvalue weighted by Gasteiger charge is -2.26. The molecular weight excluding hydrogens is 360 g/mol. The van der Waals surface area contributed by atoms with Crippen molar-refractivity contribution in [2.24, 2.45) is 0 Å². The number of para-hydroxylation sites is 2. The van der Waals surface area contributed by atoms with Crippen LogP contribution in [0, 0.1) is 0 Å². The van der Waals surface area contributed by atoms with Gasteiger partial charge in [0.2, 0.25) is 12.6 Å². The first kappa shape index (κ1) is 18.8. The average molecular weight is 382 g/mol. The highest BCUT2D eigenvalue weighted by atomic mass is 16.8. The molecule has 0 fully saturated rings. The quantitative estimate of drug-likeness (QED) is 0.323. The minimum Gasteiger partial charge on any atom is -0.460 e. The molecule has 4 aromatic rings. The fraction of sp³-hybridized carbons (Fsp3) is 0.0769. The van der Waals surface area contributed by atoms with Gasteiger partial charge in [0.25, 0.3) is 0 Å². The predicted molar refractivity (Wildman–Crippen MR) is 114 cm³/mol. The fourth-order valence-corrected chi connectivity index (χ4v) is 2.93.